The van der Waals surface area contributed by atoms with Crippen LogP contribution in [0.1, 0.15) is 10.5 Å². The fourth-order valence-corrected chi connectivity index (χ4v) is 1.72. The average Bonchev–Trinajstić information content (AvgIpc) is 2.50. The molecule has 1 aromatic heterocycles. The van der Waals surface area contributed by atoms with Gasteiger partial charge in [-0.3, -0.25) is 4.79 Å². The van der Waals surface area contributed by atoms with Gasteiger partial charge in [0.05, 0.1) is 12.4 Å². The molecule has 0 radical (unpaired) electrons. The van der Waals surface area contributed by atoms with Crippen LogP contribution in [-0.2, 0) is 16.9 Å². The van der Waals surface area contributed by atoms with E-state index in [0.29, 0.717) is 0 Å². The van der Waals surface area contributed by atoms with Gasteiger partial charge in [0.2, 0.25) is 11.0 Å². The number of hydrogen-bond donors (Lipinski definition) is 0. The second-order valence-corrected chi connectivity index (χ2v) is 5.26. The normalized spacial score (nSPS) is 13.1. The van der Waals surface area contributed by atoms with E-state index in [1.165, 1.54) is 23.2 Å². The predicted molar refractivity (Wildman–Crippen MR) is 51.8 cm³/mol. The van der Waals surface area contributed by atoms with Crippen molar-refractivity contribution in [3.05, 3.63) is 18.2 Å². The highest BCUT2D eigenvalue weighted by Crippen LogP contribution is 2.07. The molecule has 0 spiro atoms. The summed E-state index contributed by atoms with van der Waals surface area (Å²) in [5.41, 5.74) is -0.0190. The Bertz CT molecular complexity index is 524. The fraction of sp³-hybridized carbons (Fsp3) is 0.375. The molecule has 15 heavy (non-hydrogen) atoms. The van der Waals surface area contributed by atoms with E-state index in [9.17, 15) is 13.2 Å². The third kappa shape index (κ3) is 2.41. The zero-order chi connectivity index (χ0) is 11.6. The minimum absolute atomic E-state index is 0.0190. The third-order valence-corrected chi connectivity index (χ3v) is 2.92. The molecule has 0 fully saturated rings. The van der Waals surface area contributed by atoms with Gasteiger partial charge >= 0.3 is 0 Å². The van der Waals surface area contributed by atoms with Crippen LogP contribution in [0.2, 0.25) is 0 Å². The highest BCUT2D eigenvalue weighted by atomic mass is 32.2. The number of nitrogens with zero attached hydrogens (tertiary/aromatic N) is 3. The minimum Gasteiger partial charge on any atom is -0.340 e. The Morgan fingerprint density at radius 2 is 2.27 bits per heavy atom. The summed E-state index contributed by atoms with van der Waals surface area (Å²) < 4.78 is 23.7. The zero-order valence-corrected chi connectivity index (χ0v) is 9.02. The summed E-state index contributed by atoms with van der Waals surface area (Å²) in [5, 5.41) is 6.94. The maximum Gasteiger partial charge on any atom is 0.215 e. The second kappa shape index (κ2) is 3.82. The van der Waals surface area contributed by atoms with Crippen molar-refractivity contribution in [3.63, 3.8) is 0 Å². The first-order valence-electron chi connectivity index (χ1n) is 3.97. The van der Waals surface area contributed by atoms with E-state index in [0.717, 1.165) is 6.26 Å². The van der Waals surface area contributed by atoms with Crippen LogP contribution in [0.4, 0.5) is 0 Å². The van der Waals surface area contributed by atoms with E-state index in [4.69, 9.17) is 5.26 Å². The first kappa shape index (κ1) is 11.4. The van der Waals surface area contributed by atoms with E-state index in [-0.39, 0.29) is 5.69 Å². The smallest absolute Gasteiger partial charge is 0.215 e. The SMILES string of the molecule is Cn1cnc(C(=O)C(C#N)S(C)(=O)=O)c1. The molecule has 0 aromatic carbocycles. The molecule has 6 nitrogen and oxygen atoms in total. The molecule has 0 bridgehead atoms. The molecule has 0 aliphatic carbocycles. The summed E-state index contributed by atoms with van der Waals surface area (Å²) in [4.78, 5) is 15.3. The lowest BCUT2D eigenvalue weighted by molar-refractivity contribution is 0.0996. The summed E-state index contributed by atoms with van der Waals surface area (Å²) in [7, 11) is -2.07. The topological polar surface area (TPSA) is 92.8 Å². The standard InChI is InChI=1S/C8H9N3O3S/c1-11-4-6(10-5-11)8(12)7(3-9)15(2,13)14/h4-5,7H,1-2H3. The Balaban J connectivity index is 3.10. The molecule has 0 aliphatic heterocycles. The Morgan fingerprint density at radius 3 is 2.60 bits per heavy atom. The molecule has 0 amide bonds. The summed E-state index contributed by atoms with van der Waals surface area (Å²) in [5.74, 6) is -0.791. The van der Waals surface area contributed by atoms with Gasteiger partial charge in [0, 0.05) is 19.5 Å². The van der Waals surface area contributed by atoms with E-state index in [2.05, 4.69) is 4.98 Å². The van der Waals surface area contributed by atoms with Crippen LogP contribution in [-0.4, -0.2) is 35.3 Å². The lowest BCUT2D eigenvalue weighted by atomic mass is 10.2. The molecule has 0 saturated heterocycles. The van der Waals surface area contributed by atoms with E-state index in [1.54, 1.807) is 7.05 Å². The number of aryl methyl sites for hydroxylation is 1. The molecular formula is C8H9N3O3S. The highest BCUT2D eigenvalue weighted by molar-refractivity contribution is 7.92. The van der Waals surface area contributed by atoms with Gasteiger partial charge in [0.15, 0.2) is 9.84 Å². The van der Waals surface area contributed by atoms with Crippen molar-refractivity contribution in [2.45, 2.75) is 5.25 Å². The largest absolute Gasteiger partial charge is 0.340 e. The molecule has 80 valence electrons. The Hall–Kier alpha value is -1.68. The van der Waals surface area contributed by atoms with Crippen LogP contribution in [0.5, 0.6) is 0 Å². The Labute approximate surface area is 87.1 Å². The minimum atomic E-state index is -3.71. The van der Waals surface area contributed by atoms with Gasteiger partial charge < -0.3 is 4.57 Å². The molecule has 1 aromatic rings. The van der Waals surface area contributed by atoms with Crippen LogP contribution in [0.3, 0.4) is 0 Å². The van der Waals surface area contributed by atoms with Gasteiger partial charge in [-0.05, 0) is 0 Å². The molecule has 0 saturated carbocycles. The lowest BCUT2D eigenvalue weighted by Gasteiger charge is -2.02. The molecule has 1 rings (SSSR count). The van der Waals surface area contributed by atoms with Crippen molar-refractivity contribution in [2.75, 3.05) is 6.26 Å². The quantitative estimate of drug-likeness (QED) is 0.651. The van der Waals surface area contributed by atoms with Crippen LogP contribution in [0, 0.1) is 11.3 Å². The fourth-order valence-electron chi connectivity index (χ4n) is 1.02. The Kier molecular flexibility index (Phi) is 2.90. The predicted octanol–water partition coefficient (Wildman–Crippen LogP) is -0.460. The highest BCUT2D eigenvalue weighted by Gasteiger charge is 2.30. The number of sulfone groups is 1. The van der Waals surface area contributed by atoms with E-state index in [1.807, 2.05) is 0 Å². The van der Waals surface area contributed by atoms with Gasteiger partial charge in [0.25, 0.3) is 0 Å². The summed E-state index contributed by atoms with van der Waals surface area (Å²) in [6.45, 7) is 0. The van der Waals surface area contributed by atoms with E-state index < -0.39 is 20.9 Å². The number of rotatable bonds is 3. The molecular weight excluding hydrogens is 218 g/mol. The monoisotopic (exact) mass is 227 g/mol. The van der Waals surface area contributed by atoms with Crippen molar-refractivity contribution in [3.8, 4) is 6.07 Å². The lowest BCUT2D eigenvalue weighted by Crippen LogP contribution is -2.28. The first-order valence-corrected chi connectivity index (χ1v) is 5.92. The number of aromatic nitrogens is 2. The van der Waals surface area contributed by atoms with Gasteiger partial charge in [-0.2, -0.15) is 5.26 Å². The maximum atomic E-state index is 11.6. The molecule has 1 heterocycles. The van der Waals surface area contributed by atoms with Crippen molar-refractivity contribution in [1.82, 2.24) is 9.55 Å². The van der Waals surface area contributed by atoms with Crippen molar-refractivity contribution in [1.29, 1.82) is 5.26 Å². The van der Waals surface area contributed by atoms with Crippen LogP contribution >= 0.6 is 0 Å². The maximum absolute atomic E-state index is 11.6. The summed E-state index contributed by atoms with van der Waals surface area (Å²) >= 11 is 0. The number of nitriles is 1. The van der Waals surface area contributed by atoms with Gasteiger partial charge in [-0.1, -0.05) is 0 Å². The molecule has 7 heteroatoms. The molecule has 1 atom stereocenters. The van der Waals surface area contributed by atoms with Crippen LogP contribution in [0.15, 0.2) is 12.5 Å². The molecule has 1 unspecified atom stereocenters. The molecule has 0 aliphatic rings. The Morgan fingerprint density at radius 1 is 1.67 bits per heavy atom. The van der Waals surface area contributed by atoms with Gasteiger partial charge in [-0.25, -0.2) is 13.4 Å². The van der Waals surface area contributed by atoms with Gasteiger partial charge in [0.1, 0.15) is 5.69 Å². The molecule has 0 N–H and O–H groups in total. The average molecular weight is 227 g/mol. The van der Waals surface area contributed by atoms with Crippen molar-refractivity contribution >= 4 is 15.6 Å². The number of imidazole rings is 1. The third-order valence-electron chi connectivity index (χ3n) is 1.74. The number of ketones is 1. The van der Waals surface area contributed by atoms with E-state index >= 15 is 0 Å². The van der Waals surface area contributed by atoms with Crippen LogP contribution < -0.4 is 0 Å². The van der Waals surface area contributed by atoms with Gasteiger partial charge in [-0.15, -0.1) is 0 Å². The first-order chi connectivity index (χ1) is 6.86. The van der Waals surface area contributed by atoms with Crippen LogP contribution in [0.25, 0.3) is 0 Å². The summed E-state index contributed by atoms with van der Waals surface area (Å²) in [6.07, 6.45) is 3.59. The number of carbonyl (C=O) groups is 1. The number of carbonyl (C=O) groups excluding carboxylic acids is 1. The number of hydrogen-bond acceptors (Lipinski definition) is 5. The number of Topliss-reactive ketones (excluding diaryl/α,β-unsaturated/α-hetero) is 1. The van der Waals surface area contributed by atoms with Crippen molar-refractivity contribution in [2.24, 2.45) is 7.05 Å². The zero-order valence-electron chi connectivity index (χ0n) is 8.21. The summed E-state index contributed by atoms with van der Waals surface area (Å²) in [6, 6.07) is 1.46. The van der Waals surface area contributed by atoms with Crippen molar-refractivity contribution < 1.29 is 13.2 Å². The second-order valence-electron chi connectivity index (χ2n) is 3.13.